The first kappa shape index (κ1) is 18.1. The van der Waals surface area contributed by atoms with Crippen LogP contribution < -0.4 is 9.47 Å². The highest BCUT2D eigenvalue weighted by atomic mass is 35.5. The van der Waals surface area contributed by atoms with E-state index >= 15 is 0 Å². The summed E-state index contributed by atoms with van der Waals surface area (Å²) < 4.78 is 10.7. The zero-order chi connectivity index (χ0) is 17.9. The third kappa shape index (κ3) is 3.65. The van der Waals surface area contributed by atoms with Gasteiger partial charge in [-0.15, -0.1) is 0 Å². The van der Waals surface area contributed by atoms with Crippen molar-refractivity contribution in [3.8, 4) is 11.5 Å². The van der Waals surface area contributed by atoms with Gasteiger partial charge in [0.25, 0.3) is 5.91 Å². The van der Waals surface area contributed by atoms with Crippen LogP contribution in [0.25, 0.3) is 0 Å². The standard InChI is InChI=1S/C19H22ClNO3/c1-12-17(23-4)10-15(11-18(12)24-5)19(22)21(3)13(2)14-6-8-16(20)9-7-14/h6-11,13H,1-5H3. The molecule has 0 saturated heterocycles. The van der Waals surface area contributed by atoms with E-state index in [-0.39, 0.29) is 11.9 Å². The molecule has 0 saturated carbocycles. The van der Waals surface area contributed by atoms with Gasteiger partial charge in [0.15, 0.2) is 0 Å². The smallest absolute Gasteiger partial charge is 0.254 e. The van der Waals surface area contributed by atoms with Crippen molar-refractivity contribution in [1.82, 2.24) is 4.90 Å². The zero-order valence-corrected chi connectivity index (χ0v) is 15.3. The van der Waals surface area contributed by atoms with E-state index in [0.717, 1.165) is 11.1 Å². The van der Waals surface area contributed by atoms with E-state index in [4.69, 9.17) is 21.1 Å². The first-order valence-electron chi connectivity index (χ1n) is 7.64. The quantitative estimate of drug-likeness (QED) is 0.799. The van der Waals surface area contributed by atoms with Gasteiger partial charge >= 0.3 is 0 Å². The monoisotopic (exact) mass is 347 g/mol. The molecule has 0 heterocycles. The molecule has 0 N–H and O–H groups in total. The fraction of sp³-hybridized carbons (Fsp3) is 0.316. The number of methoxy groups -OCH3 is 2. The average molecular weight is 348 g/mol. The topological polar surface area (TPSA) is 38.8 Å². The summed E-state index contributed by atoms with van der Waals surface area (Å²) >= 11 is 5.93. The van der Waals surface area contributed by atoms with E-state index in [9.17, 15) is 4.79 Å². The highest BCUT2D eigenvalue weighted by Crippen LogP contribution is 2.31. The second kappa shape index (κ2) is 7.58. The lowest BCUT2D eigenvalue weighted by molar-refractivity contribution is 0.0742. The fourth-order valence-electron chi connectivity index (χ4n) is 2.55. The van der Waals surface area contributed by atoms with Gasteiger partial charge in [-0.25, -0.2) is 0 Å². The number of carbonyl (C=O) groups is 1. The minimum Gasteiger partial charge on any atom is -0.496 e. The minimum absolute atomic E-state index is 0.0898. The average Bonchev–Trinajstić information content (AvgIpc) is 2.60. The second-order valence-electron chi connectivity index (χ2n) is 5.65. The normalized spacial score (nSPS) is 11.8. The summed E-state index contributed by atoms with van der Waals surface area (Å²) in [4.78, 5) is 14.6. The molecule has 1 amide bonds. The molecule has 5 heteroatoms. The van der Waals surface area contributed by atoms with Crippen molar-refractivity contribution in [1.29, 1.82) is 0 Å². The van der Waals surface area contributed by atoms with E-state index in [0.29, 0.717) is 22.1 Å². The lowest BCUT2D eigenvalue weighted by atomic mass is 10.0. The van der Waals surface area contributed by atoms with Crippen molar-refractivity contribution in [2.75, 3.05) is 21.3 Å². The third-order valence-electron chi connectivity index (χ3n) is 4.25. The maximum absolute atomic E-state index is 12.9. The Balaban J connectivity index is 2.31. The highest BCUT2D eigenvalue weighted by molar-refractivity contribution is 6.30. The summed E-state index contributed by atoms with van der Waals surface area (Å²) in [6, 6.07) is 10.9. The highest BCUT2D eigenvalue weighted by Gasteiger charge is 2.21. The summed E-state index contributed by atoms with van der Waals surface area (Å²) in [5.74, 6) is 1.16. The van der Waals surface area contributed by atoms with Crippen molar-refractivity contribution in [2.45, 2.75) is 19.9 Å². The Kier molecular flexibility index (Phi) is 5.73. The minimum atomic E-state index is -0.103. The van der Waals surface area contributed by atoms with E-state index in [1.54, 1.807) is 38.3 Å². The maximum atomic E-state index is 12.9. The molecule has 0 aliphatic carbocycles. The number of hydrogen-bond acceptors (Lipinski definition) is 3. The number of hydrogen-bond donors (Lipinski definition) is 0. The van der Waals surface area contributed by atoms with Crippen LogP contribution in [0.2, 0.25) is 5.02 Å². The Hall–Kier alpha value is -2.20. The molecule has 128 valence electrons. The molecule has 2 aromatic rings. The molecule has 1 atom stereocenters. The molecule has 0 bridgehead atoms. The Morgan fingerprint density at radius 3 is 2.04 bits per heavy atom. The lowest BCUT2D eigenvalue weighted by Gasteiger charge is -2.26. The van der Waals surface area contributed by atoms with Crippen LogP contribution in [0.1, 0.15) is 34.5 Å². The van der Waals surface area contributed by atoms with Gasteiger partial charge in [0.1, 0.15) is 11.5 Å². The molecule has 24 heavy (non-hydrogen) atoms. The summed E-state index contributed by atoms with van der Waals surface area (Å²) in [6.07, 6.45) is 0. The van der Waals surface area contributed by atoms with Gasteiger partial charge in [0.2, 0.25) is 0 Å². The van der Waals surface area contributed by atoms with Crippen molar-refractivity contribution in [3.05, 3.63) is 58.1 Å². The van der Waals surface area contributed by atoms with Crippen molar-refractivity contribution >= 4 is 17.5 Å². The van der Waals surface area contributed by atoms with Gasteiger partial charge < -0.3 is 14.4 Å². The molecular formula is C19H22ClNO3. The molecule has 0 fully saturated rings. The number of carbonyl (C=O) groups excluding carboxylic acids is 1. The summed E-state index contributed by atoms with van der Waals surface area (Å²) in [5.41, 5.74) is 2.41. The van der Waals surface area contributed by atoms with Gasteiger partial charge in [-0.3, -0.25) is 4.79 Å². The van der Waals surface area contributed by atoms with Crippen LogP contribution in [0, 0.1) is 6.92 Å². The van der Waals surface area contributed by atoms with Crippen molar-refractivity contribution in [3.63, 3.8) is 0 Å². The lowest BCUT2D eigenvalue weighted by Crippen LogP contribution is -2.29. The largest absolute Gasteiger partial charge is 0.496 e. The summed E-state index contributed by atoms with van der Waals surface area (Å²) in [7, 11) is 4.94. The van der Waals surface area contributed by atoms with Gasteiger partial charge in [0, 0.05) is 23.2 Å². The number of ether oxygens (including phenoxy) is 2. The summed E-state index contributed by atoms with van der Waals surface area (Å²) in [6.45, 7) is 3.87. The molecule has 2 rings (SSSR count). The Bertz CT molecular complexity index is 703. The molecule has 2 aromatic carbocycles. The first-order chi connectivity index (χ1) is 11.4. The zero-order valence-electron chi connectivity index (χ0n) is 14.6. The van der Waals surface area contributed by atoms with Gasteiger partial charge in [-0.2, -0.15) is 0 Å². The van der Waals surface area contributed by atoms with Gasteiger partial charge in [0.05, 0.1) is 20.3 Å². The van der Waals surface area contributed by atoms with Gasteiger partial charge in [-0.1, -0.05) is 23.7 Å². The van der Waals surface area contributed by atoms with E-state index < -0.39 is 0 Å². The molecule has 4 nitrogen and oxygen atoms in total. The number of rotatable bonds is 5. The van der Waals surface area contributed by atoms with E-state index in [1.165, 1.54) is 0 Å². The van der Waals surface area contributed by atoms with Crippen LogP contribution in [-0.4, -0.2) is 32.1 Å². The number of amides is 1. The molecule has 0 spiro atoms. The fourth-order valence-corrected chi connectivity index (χ4v) is 2.68. The van der Waals surface area contributed by atoms with Crippen LogP contribution in [0.15, 0.2) is 36.4 Å². The van der Waals surface area contributed by atoms with Crippen molar-refractivity contribution in [2.24, 2.45) is 0 Å². The number of nitrogens with zero attached hydrogens (tertiary/aromatic N) is 1. The molecule has 1 unspecified atom stereocenters. The number of benzene rings is 2. The maximum Gasteiger partial charge on any atom is 0.254 e. The molecule has 0 radical (unpaired) electrons. The van der Waals surface area contributed by atoms with Crippen LogP contribution in [0.4, 0.5) is 0 Å². The van der Waals surface area contributed by atoms with E-state index in [1.807, 2.05) is 38.1 Å². The van der Waals surface area contributed by atoms with Crippen LogP contribution >= 0.6 is 11.6 Å². The summed E-state index contributed by atoms with van der Waals surface area (Å²) in [5, 5.41) is 0.674. The SMILES string of the molecule is COc1cc(C(=O)N(C)C(C)c2ccc(Cl)cc2)cc(OC)c1C. The van der Waals surface area contributed by atoms with Crippen LogP contribution in [0.3, 0.4) is 0 Å². The first-order valence-corrected chi connectivity index (χ1v) is 8.02. The molecule has 0 aliphatic heterocycles. The predicted octanol–water partition coefficient (Wildman–Crippen LogP) is 4.50. The predicted molar refractivity (Wildman–Crippen MR) is 96.2 cm³/mol. The third-order valence-corrected chi connectivity index (χ3v) is 4.50. The van der Waals surface area contributed by atoms with Crippen molar-refractivity contribution < 1.29 is 14.3 Å². The van der Waals surface area contributed by atoms with Gasteiger partial charge in [-0.05, 0) is 43.7 Å². The molecular weight excluding hydrogens is 326 g/mol. The Morgan fingerprint density at radius 2 is 1.58 bits per heavy atom. The van der Waals surface area contributed by atoms with Crippen LogP contribution in [-0.2, 0) is 0 Å². The molecule has 0 aliphatic rings. The molecule has 0 aromatic heterocycles. The van der Waals surface area contributed by atoms with E-state index in [2.05, 4.69) is 0 Å². The Labute approximate surface area is 147 Å². The van der Waals surface area contributed by atoms with Crippen LogP contribution in [0.5, 0.6) is 11.5 Å². The second-order valence-corrected chi connectivity index (χ2v) is 6.09. The Morgan fingerprint density at radius 1 is 1.08 bits per heavy atom. The number of halogens is 1.